The van der Waals surface area contributed by atoms with Crippen LogP contribution in [-0.4, -0.2) is 68.4 Å². The molecule has 42 heavy (non-hydrogen) atoms. The number of allylic oxidation sites excluding steroid dienone is 1. The van der Waals surface area contributed by atoms with Gasteiger partial charge in [0.1, 0.15) is 23.1 Å². The lowest BCUT2D eigenvalue weighted by atomic mass is 9.98. The van der Waals surface area contributed by atoms with E-state index in [1.807, 2.05) is 44.2 Å². The summed E-state index contributed by atoms with van der Waals surface area (Å²) in [5.74, 6) is -2.17. The minimum atomic E-state index is -0.884. The fourth-order valence-electron chi connectivity index (χ4n) is 5.54. The molecule has 0 spiro atoms. The molecule has 9 nitrogen and oxygen atoms in total. The molecule has 1 aromatic carbocycles. The fraction of sp³-hybridized carbons (Fsp3) is 0.333. The van der Waals surface area contributed by atoms with Gasteiger partial charge in [-0.15, -0.1) is 11.8 Å². The number of amides is 1. The van der Waals surface area contributed by atoms with Crippen molar-refractivity contribution in [3.63, 3.8) is 0 Å². The van der Waals surface area contributed by atoms with Gasteiger partial charge in [-0.25, -0.2) is 23.1 Å². The standard InChI is InChI=1S/C30H32F2N6O3S/c1-6-23(40)36-12-13-37(17(4)15-36)28-18-14-20(32)26(24-19(31)8-7-9-21(24)39)34-29(18)38(30(41)35-28)27-22(42-5)10-11-33-25(27)16(2)3/h6-11,14,16-17,25,33,39H,1,12-13,15H2,2-5H3/t17-,25?/m0/s1. The van der Waals surface area contributed by atoms with Crippen LogP contribution in [0.2, 0.25) is 0 Å². The van der Waals surface area contributed by atoms with Gasteiger partial charge in [0.25, 0.3) is 0 Å². The molecule has 0 aliphatic carbocycles. The quantitative estimate of drug-likeness (QED) is 0.407. The van der Waals surface area contributed by atoms with E-state index in [2.05, 4.69) is 21.9 Å². The first-order valence-electron chi connectivity index (χ1n) is 13.6. The Morgan fingerprint density at radius 3 is 2.64 bits per heavy atom. The first-order chi connectivity index (χ1) is 20.1. The third-order valence-electron chi connectivity index (χ3n) is 7.60. The number of aromatic hydroxyl groups is 1. The number of aromatic nitrogens is 3. The van der Waals surface area contributed by atoms with E-state index < -0.39 is 34.3 Å². The van der Waals surface area contributed by atoms with Crippen LogP contribution in [0.5, 0.6) is 5.75 Å². The zero-order valence-corrected chi connectivity index (χ0v) is 24.6. The molecule has 2 aromatic heterocycles. The monoisotopic (exact) mass is 594 g/mol. The molecule has 0 bridgehead atoms. The Morgan fingerprint density at radius 2 is 2.00 bits per heavy atom. The lowest BCUT2D eigenvalue weighted by Crippen LogP contribution is -2.54. The lowest BCUT2D eigenvalue weighted by Gasteiger charge is -2.40. The Balaban J connectivity index is 1.82. The second kappa shape index (κ2) is 11.6. The molecule has 0 saturated carbocycles. The van der Waals surface area contributed by atoms with Gasteiger partial charge in [-0.1, -0.05) is 26.5 Å². The number of nitrogens with one attached hydrogen (secondary N) is 1. The van der Waals surface area contributed by atoms with Crippen LogP contribution in [0.4, 0.5) is 14.6 Å². The van der Waals surface area contributed by atoms with Crippen molar-refractivity contribution in [1.82, 2.24) is 24.8 Å². The molecule has 0 radical (unpaired) electrons. The minimum absolute atomic E-state index is 0.0414. The molecule has 3 aromatic rings. The average Bonchev–Trinajstić information content (AvgIpc) is 2.96. The first-order valence-corrected chi connectivity index (χ1v) is 14.8. The SMILES string of the molecule is C=CC(=O)N1CCN(c2nc(=O)n(C3=C(SC)C=CNC3C(C)C)c3nc(-c4c(O)cccc4F)c(F)cc23)[C@@H](C)C1. The van der Waals surface area contributed by atoms with E-state index in [0.29, 0.717) is 25.3 Å². The van der Waals surface area contributed by atoms with Gasteiger partial charge in [0, 0.05) is 30.6 Å². The average molecular weight is 595 g/mol. The van der Waals surface area contributed by atoms with Crippen molar-refractivity contribution in [3.05, 3.63) is 76.2 Å². The molecule has 1 fully saturated rings. The number of piperazine rings is 1. The third-order valence-corrected chi connectivity index (χ3v) is 8.39. The summed E-state index contributed by atoms with van der Waals surface area (Å²) in [6.45, 7) is 10.5. The second-order valence-corrected chi connectivity index (χ2v) is 11.4. The smallest absolute Gasteiger partial charge is 0.355 e. The van der Waals surface area contributed by atoms with Gasteiger partial charge in [-0.2, -0.15) is 4.98 Å². The summed E-state index contributed by atoms with van der Waals surface area (Å²) in [6.07, 6.45) is 6.80. The van der Waals surface area contributed by atoms with Crippen LogP contribution in [0.15, 0.2) is 58.9 Å². The van der Waals surface area contributed by atoms with Gasteiger partial charge in [0.2, 0.25) is 5.91 Å². The molecule has 220 valence electrons. The number of nitrogens with zero attached hydrogens (tertiary/aromatic N) is 5. The van der Waals surface area contributed by atoms with Crippen molar-refractivity contribution >= 4 is 40.2 Å². The van der Waals surface area contributed by atoms with Gasteiger partial charge in [0.05, 0.1) is 22.7 Å². The number of hydrogen-bond acceptors (Lipinski definition) is 8. The fourth-order valence-corrected chi connectivity index (χ4v) is 6.17. The number of pyridine rings is 1. The number of rotatable bonds is 6. The molecule has 2 aliphatic heterocycles. The van der Waals surface area contributed by atoms with Crippen molar-refractivity contribution in [2.24, 2.45) is 5.92 Å². The van der Waals surface area contributed by atoms with E-state index in [-0.39, 0.29) is 40.8 Å². The Morgan fingerprint density at radius 1 is 1.24 bits per heavy atom. The largest absolute Gasteiger partial charge is 0.507 e. The number of dihydropyridines is 1. The minimum Gasteiger partial charge on any atom is -0.507 e. The number of carbonyl (C=O) groups is 1. The van der Waals surface area contributed by atoms with Crippen LogP contribution in [0.3, 0.4) is 0 Å². The summed E-state index contributed by atoms with van der Waals surface area (Å²) in [5, 5.41) is 14.0. The molecular weight excluding hydrogens is 562 g/mol. The summed E-state index contributed by atoms with van der Waals surface area (Å²) in [7, 11) is 0. The predicted molar refractivity (Wildman–Crippen MR) is 162 cm³/mol. The van der Waals surface area contributed by atoms with Crippen molar-refractivity contribution in [1.29, 1.82) is 0 Å². The molecular formula is C30H32F2N6O3S. The molecule has 1 unspecified atom stereocenters. The second-order valence-electron chi connectivity index (χ2n) is 10.6. The number of halogens is 2. The maximum Gasteiger partial charge on any atom is 0.355 e. The van der Waals surface area contributed by atoms with E-state index in [0.717, 1.165) is 11.0 Å². The van der Waals surface area contributed by atoms with Gasteiger partial charge >= 0.3 is 5.69 Å². The van der Waals surface area contributed by atoms with E-state index in [4.69, 9.17) is 0 Å². The van der Waals surface area contributed by atoms with Crippen molar-refractivity contribution in [3.8, 4) is 17.0 Å². The van der Waals surface area contributed by atoms with Crippen LogP contribution < -0.4 is 15.9 Å². The number of phenols is 1. The van der Waals surface area contributed by atoms with Crippen molar-refractivity contribution < 1.29 is 18.7 Å². The van der Waals surface area contributed by atoms with Crippen molar-refractivity contribution in [2.45, 2.75) is 32.9 Å². The van der Waals surface area contributed by atoms with Gasteiger partial charge in [-0.05, 0) is 55.6 Å². The summed E-state index contributed by atoms with van der Waals surface area (Å²) >= 11 is 1.44. The van der Waals surface area contributed by atoms with Gasteiger partial charge in [0.15, 0.2) is 11.5 Å². The van der Waals surface area contributed by atoms with Crippen LogP contribution in [0, 0.1) is 17.6 Å². The molecule has 2 aliphatic rings. The first kappa shape index (κ1) is 29.3. The number of phenolic OH excluding ortho intramolecular Hbond substituents is 1. The highest BCUT2D eigenvalue weighted by Gasteiger charge is 2.33. The van der Waals surface area contributed by atoms with Crippen LogP contribution in [-0.2, 0) is 4.79 Å². The summed E-state index contributed by atoms with van der Waals surface area (Å²) in [6, 6.07) is 4.28. The highest BCUT2D eigenvalue weighted by molar-refractivity contribution is 8.02. The number of hydrogen-bond donors (Lipinski definition) is 2. The topological polar surface area (TPSA) is 104 Å². The van der Waals surface area contributed by atoms with Gasteiger partial charge in [-0.3, -0.25) is 4.79 Å². The molecule has 12 heteroatoms. The highest BCUT2D eigenvalue weighted by atomic mass is 32.2. The van der Waals surface area contributed by atoms with E-state index in [1.54, 1.807) is 4.90 Å². The normalized spacial score (nSPS) is 19.0. The number of carbonyl (C=O) groups excluding carboxylic acids is 1. The van der Waals surface area contributed by atoms with E-state index in [9.17, 15) is 19.1 Å². The van der Waals surface area contributed by atoms with Crippen molar-refractivity contribution in [2.75, 3.05) is 30.8 Å². The zero-order chi connectivity index (χ0) is 30.3. The number of fused-ring (bicyclic) bond motifs is 1. The zero-order valence-electron chi connectivity index (χ0n) is 23.8. The number of thioether (sulfide) groups is 1. The molecule has 5 rings (SSSR count). The Bertz CT molecular complexity index is 1680. The van der Waals surface area contributed by atoms with Crippen LogP contribution in [0.25, 0.3) is 28.0 Å². The lowest BCUT2D eigenvalue weighted by molar-refractivity contribution is -0.126. The summed E-state index contributed by atoms with van der Waals surface area (Å²) in [4.78, 5) is 39.6. The van der Waals surface area contributed by atoms with E-state index >= 15 is 4.39 Å². The van der Waals surface area contributed by atoms with E-state index in [1.165, 1.54) is 40.6 Å². The summed E-state index contributed by atoms with van der Waals surface area (Å²) in [5.41, 5.74) is -0.803. The van der Waals surface area contributed by atoms with Crippen LogP contribution >= 0.6 is 11.8 Å². The summed E-state index contributed by atoms with van der Waals surface area (Å²) < 4.78 is 32.2. The molecule has 4 heterocycles. The molecule has 2 N–H and O–H groups in total. The number of benzene rings is 1. The number of anilines is 1. The van der Waals surface area contributed by atoms with Gasteiger partial charge < -0.3 is 20.2 Å². The maximum atomic E-state index is 15.9. The maximum absolute atomic E-state index is 15.9. The molecule has 1 amide bonds. The Kier molecular flexibility index (Phi) is 8.09. The van der Waals surface area contributed by atoms with Crippen LogP contribution in [0.1, 0.15) is 20.8 Å². The Hall–Kier alpha value is -4.19. The molecule has 2 atom stereocenters. The highest BCUT2D eigenvalue weighted by Crippen LogP contribution is 2.38. The Labute approximate surface area is 246 Å². The predicted octanol–water partition coefficient (Wildman–Crippen LogP) is 4.34. The third kappa shape index (κ3) is 5.04. The molecule has 1 saturated heterocycles.